The molecule has 4 nitrogen and oxygen atoms in total. The van der Waals surface area contributed by atoms with Gasteiger partial charge in [0.1, 0.15) is 0 Å². The van der Waals surface area contributed by atoms with Crippen LogP contribution in [-0.2, 0) is 9.53 Å². The van der Waals surface area contributed by atoms with E-state index in [1.54, 1.807) is 0 Å². The highest BCUT2D eigenvalue weighted by molar-refractivity contribution is 5.70. The largest absolute Gasteiger partial charge is 0.466 e. The number of carbonyl (C=O) groups excluding carboxylic acids is 1. The number of hydrogen-bond acceptors (Lipinski definition) is 4. The van der Waals surface area contributed by atoms with E-state index in [-0.39, 0.29) is 18.6 Å². The predicted molar refractivity (Wildman–Crippen MR) is 80.6 cm³/mol. The topological polar surface area (TPSA) is 49.8 Å². The summed E-state index contributed by atoms with van der Waals surface area (Å²) in [6, 6.07) is 0.781. The molecular formula is C16H31NO3. The second-order valence-electron chi connectivity index (χ2n) is 5.70. The van der Waals surface area contributed by atoms with Crippen LogP contribution in [-0.4, -0.2) is 47.8 Å². The molecule has 0 spiro atoms. The standard InChI is InChI=1S/C16H31NO3/c1-3-5-6-8-14-9-7-10-15(17(14)11-12-18)13-16(19)20-4-2/h14-15,18H,3-13H2,1-2H3/t14-,15+/m0/s1. The van der Waals surface area contributed by atoms with E-state index < -0.39 is 0 Å². The summed E-state index contributed by atoms with van der Waals surface area (Å²) in [4.78, 5) is 14.1. The zero-order valence-electron chi connectivity index (χ0n) is 13.1. The summed E-state index contributed by atoms with van der Waals surface area (Å²) in [5, 5.41) is 9.31. The Balaban J connectivity index is 2.54. The molecule has 118 valence electrons. The third kappa shape index (κ3) is 5.80. The number of esters is 1. The molecule has 4 heteroatoms. The van der Waals surface area contributed by atoms with Crippen molar-refractivity contribution in [3.63, 3.8) is 0 Å². The molecule has 0 unspecified atom stereocenters. The van der Waals surface area contributed by atoms with Crippen LogP contribution in [0.5, 0.6) is 0 Å². The number of ether oxygens (including phenoxy) is 1. The predicted octanol–water partition coefficient (Wildman–Crippen LogP) is 2.74. The van der Waals surface area contributed by atoms with E-state index in [1.807, 2.05) is 6.92 Å². The number of rotatable bonds is 9. The molecule has 1 fully saturated rings. The molecule has 1 aliphatic heterocycles. The Morgan fingerprint density at radius 3 is 2.65 bits per heavy atom. The monoisotopic (exact) mass is 285 g/mol. The first-order valence-corrected chi connectivity index (χ1v) is 8.25. The molecule has 0 saturated carbocycles. The molecule has 2 atom stereocenters. The van der Waals surface area contributed by atoms with E-state index in [0.29, 0.717) is 25.6 Å². The maximum Gasteiger partial charge on any atom is 0.307 e. The van der Waals surface area contributed by atoms with Crippen molar-refractivity contribution in [3.05, 3.63) is 0 Å². The summed E-state index contributed by atoms with van der Waals surface area (Å²) in [5.41, 5.74) is 0. The number of β-amino-alcohol motifs (C(OH)–C–C–N with tert-alkyl or cyclic N) is 1. The van der Waals surface area contributed by atoms with Gasteiger partial charge in [0.25, 0.3) is 0 Å². The van der Waals surface area contributed by atoms with Crippen LogP contribution in [0.15, 0.2) is 0 Å². The number of aliphatic hydroxyl groups excluding tert-OH is 1. The van der Waals surface area contributed by atoms with Gasteiger partial charge in [0.2, 0.25) is 0 Å². The normalized spacial score (nSPS) is 23.8. The van der Waals surface area contributed by atoms with Gasteiger partial charge in [0, 0.05) is 18.6 Å². The summed E-state index contributed by atoms with van der Waals surface area (Å²) in [6.07, 6.45) is 8.83. The number of aliphatic hydroxyl groups is 1. The number of hydrogen-bond donors (Lipinski definition) is 1. The average Bonchev–Trinajstić information content (AvgIpc) is 2.42. The van der Waals surface area contributed by atoms with Crippen LogP contribution in [0.1, 0.15) is 65.2 Å². The second kappa shape index (κ2) is 10.2. The second-order valence-corrected chi connectivity index (χ2v) is 5.70. The van der Waals surface area contributed by atoms with E-state index in [0.717, 1.165) is 6.42 Å². The average molecular weight is 285 g/mol. The number of unbranched alkanes of at least 4 members (excludes halogenated alkanes) is 2. The van der Waals surface area contributed by atoms with Gasteiger partial charge in [0.05, 0.1) is 19.6 Å². The minimum Gasteiger partial charge on any atom is -0.466 e. The molecule has 0 amide bonds. The number of piperidine rings is 1. The highest BCUT2D eigenvalue weighted by Gasteiger charge is 2.31. The van der Waals surface area contributed by atoms with Gasteiger partial charge in [-0.1, -0.05) is 32.6 Å². The smallest absolute Gasteiger partial charge is 0.307 e. The minimum absolute atomic E-state index is 0.102. The Labute approximate surface area is 123 Å². The fraction of sp³-hybridized carbons (Fsp3) is 0.938. The Morgan fingerprint density at radius 1 is 1.25 bits per heavy atom. The molecule has 0 aliphatic carbocycles. The van der Waals surface area contributed by atoms with Gasteiger partial charge in [-0.05, 0) is 26.2 Å². The third-order valence-electron chi connectivity index (χ3n) is 4.22. The van der Waals surface area contributed by atoms with Crippen molar-refractivity contribution in [2.24, 2.45) is 0 Å². The molecule has 1 saturated heterocycles. The van der Waals surface area contributed by atoms with Gasteiger partial charge in [-0.3, -0.25) is 9.69 Å². The molecule has 0 bridgehead atoms. The Kier molecular flexibility index (Phi) is 8.86. The van der Waals surface area contributed by atoms with Crippen molar-refractivity contribution in [1.29, 1.82) is 0 Å². The van der Waals surface area contributed by atoms with Crippen LogP contribution < -0.4 is 0 Å². The molecule has 1 rings (SSSR count). The van der Waals surface area contributed by atoms with Crippen molar-refractivity contribution in [2.45, 2.75) is 77.3 Å². The zero-order valence-corrected chi connectivity index (χ0v) is 13.1. The van der Waals surface area contributed by atoms with Gasteiger partial charge in [-0.15, -0.1) is 0 Å². The van der Waals surface area contributed by atoms with Crippen molar-refractivity contribution in [3.8, 4) is 0 Å². The lowest BCUT2D eigenvalue weighted by atomic mass is 9.90. The molecule has 1 N–H and O–H groups in total. The van der Waals surface area contributed by atoms with Crippen LogP contribution in [0.3, 0.4) is 0 Å². The van der Waals surface area contributed by atoms with E-state index >= 15 is 0 Å². The van der Waals surface area contributed by atoms with Crippen LogP contribution in [0.25, 0.3) is 0 Å². The summed E-state index contributed by atoms with van der Waals surface area (Å²) in [6.45, 7) is 5.36. The molecule has 20 heavy (non-hydrogen) atoms. The van der Waals surface area contributed by atoms with Crippen molar-refractivity contribution < 1.29 is 14.6 Å². The zero-order chi connectivity index (χ0) is 14.8. The number of carbonyl (C=O) groups is 1. The van der Waals surface area contributed by atoms with Crippen molar-refractivity contribution in [1.82, 2.24) is 4.90 Å². The Bertz CT molecular complexity index is 270. The van der Waals surface area contributed by atoms with Crippen LogP contribution in [0.4, 0.5) is 0 Å². The van der Waals surface area contributed by atoms with Crippen molar-refractivity contribution in [2.75, 3.05) is 19.8 Å². The fourth-order valence-electron chi connectivity index (χ4n) is 3.27. The van der Waals surface area contributed by atoms with E-state index in [4.69, 9.17) is 4.74 Å². The van der Waals surface area contributed by atoms with Crippen LogP contribution in [0.2, 0.25) is 0 Å². The van der Waals surface area contributed by atoms with E-state index in [1.165, 1.54) is 38.5 Å². The molecule has 1 heterocycles. The van der Waals surface area contributed by atoms with Crippen LogP contribution in [0, 0.1) is 0 Å². The first-order valence-electron chi connectivity index (χ1n) is 8.25. The molecule has 0 radical (unpaired) electrons. The third-order valence-corrected chi connectivity index (χ3v) is 4.22. The molecule has 1 aliphatic rings. The molecular weight excluding hydrogens is 254 g/mol. The summed E-state index contributed by atoms with van der Waals surface area (Å²) in [5.74, 6) is -0.102. The summed E-state index contributed by atoms with van der Waals surface area (Å²) >= 11 is 0. The Morgan fingerprint density at radius 2 is 2.00 bits per heavy atom. The first-order chi connectivity index (χ1) is 9.72. The van der Waals surface area contributed by atoms with Crippen LogP contribution >= 0.6 is 0 Å². The van der Waals surface area contributed by atoms with Crippen molar-refractivity contribution >= 4 is 5.97 Å². The maximum atomic E-state index is 11.7. The number of nitrogens with zero attached hydrogens (tertiary/aromatic N) is 1. The van der Waals surface area contributed by atoms with Gasteiger partial charge < -0.3 is 9.84 Å². The Hall–Kier alpha value is -0.610. The molecule has 0 aromatic rings. The minimum atomic E-state index is -0.102. The lowest BCUT2D eigenvalue weighted by molar-refractivity contribution is -0.145. The van der Waals surface area contributed by atoms with E-state index in [9.17, 15) is 9.90 Å². The SMILES string of the molecule is CCCCC[C@H]1CCC[C@H](CC(=O)OCC)N1CCO. The summed E-state index contributed by atoms with van der Waals surface area (Å²) in [7, 11) is 0. The highest BCUT2D eigenvalue weighted by atomic mass is 16.5. The van der Waals surface area contributed by atoms with Gasteiger partial charge >= 0.3 is 5.97 Å². The van der Waals surface area contributed by atoms with Gasteiger partial charge in [-0.2, -0.15) is 0 Å². The fourth-order valence-corrected chi connectivity index (χ4v) is 3.27. The van der Waals surface area contributed by atoms with E-state index in [2.05, 4.69) is 11.8 Å². The summed E-state index contributed by atoms with van der Waals surface area (Å²) < 4.78 is 5.08. The highest BCUT2D eigenvalue weighted by Crippen LogP contribution is 2.28. The molecule has 0 aromatic carbocycles. The van der Waals surface area contributed by atoms with Gasteiger partial charge in [-0.25, -0.2) is 0 Å². The first kappa shape index (κ1) is 17.4. The number of likely N-dealkylation sites (tertiary alicyclic amines) is 1. The lowest BCUT2D eigenvalue weighted by Gasteiger charge is -2.42. The maximum absolute atomic E-state index is 11.7. The lowest BCUT2D eigenvalue weighted by Crippen LogP contribution is -2.48. The molecule has 0 aromatic heterocycles. The van der Waals surface area contributed by atoms with Gasteiger partial charge in [0.15, 0.2) is 0 Å². The quantitative estimate of drug-likeness (QED) is 0.523.